The number of imidazole rings is 1. The molecule has 2 nitrogen and oxygen atoms in total. The summed E-state index contributed by atoms with van der Waals surface area (Å²) in [6, 6.07) is 41.6. The molecule has 5 aromatic carbocycles. The third kappa shape index (κ3) is 3.15. The second kappa shape index (κ2) is 7.79. The van der Waals surface area contributed by atoms with E-state index >= 15 is 0 Å². The van der Waals surface area contributed by atoms with Gasteiger partial charge in [0.1, 0.15) is 6.33 Å². The molecule has 0 spiro atoms. The maximum Gasteiger partial charge on any atom is 0.100 e. The van der Waals surface area contributed by atoms with Gasteiger partial charge in [0.25, 0.3) is 0 Å². The average Bonchev–Trinajstić information content (AvgIpc) is 3.46. The van der Waals surface area contributed by atoms with Crippen LogP contribution >= 0.6 is 0 Å². The third-order valence-electron chi connectivity index (χ3n) is 7.72. The minimum absolute atomic E-state index is 0.0544. The molecule has 172 valence electrons. The van der Waals surface area contributed by atoms with Gasteiger partial charge in [-0.15, -0.1) is 0 Å². The van der Waals surface area contributed by atoms with Gasteiger partial charge in [-0.25, -0.2) is 4.98 Å². The highest BCUT2D eigenvalue weighted by Gasteiger charge is 2.35. The van der Waals surface area contributed by atoms with Gasteiger partial charge in [-0.05, 0) is 80.9 Å². The lowest BCUT2D eigenvalue weighted by atomic mass is 9.81. The van der Waals surface area contributed by atoms with Crippen LogP contribution in [-0.2, 0) is 5.41 Å². The summed E-state index contributed by atoms with van der Waals surface area (Å²) in [5.41, 5.74) is 13.7. The van der Waals surface area contributed by atoms with E-state index in [1.165, 1.54) is 44.5 Å². The van der Waals surface area contributed by atoms with E-state index in [1.54, 1.807) is 0 Å². The van der Waals surface area contributed by atoms with Gasteiger partial charge in [0.2, 0.25) is 0 Å². The first-order valence-electron chi connectivity index (χ1n) is 12.5. The maximum absolute atomic E-state index is 4.54. The van der Waals surface area contributed by atoms with E-state index < -0.39 is 0 Å². The quantitative estimate of drug-likeness (QED) is 0.257. The molecule has 1 aromatic heterocycles. The molecule has 0 unspecified atom stereocenters. The molecule has 6 aromatic rings. The topological polar surface area (TPSA) is 17.8 Å². The van der Waals surface area contributed by atoms with Crippen LogP contribution in [0.3, 0.4) is 0 Å². The van der Waals surface area contributed by atoms with E-state index in [2.05, 4.69) is 127 Å². The molecule has 1 heterocycles. The van der Waals surface area contributed by atoms with E-state index in [9.17, 15) is 0 Å². The Bertz CT molecular complexity index is 1740. The molecule has 2 heteroatoms. The zero-order valence-corrected chi connectivity index (χ0v) is 20.4. The number of hydrogen-bond acceptors (Lipinski definition) is 1. The Morgan fingerprint density at radius 1 is 0.556 bits per heavy atom. The molecule has 0 bridgehead atoms. The van der Waals surface area contributed by atoms with Crippen molar-refractivity contribution < 1.29 is 0 Å². The van der Waals surface area contributed by atoms with Crippen molar-refractivity contribution in [2.45, 2.75) is 19.3 Å². The lowest BCUT2D eigenvalue weighted by Gasteiger charge is -2.22. The van der Waals surface area contributed by atoms with E-state index in [0.717, 1.165) is 16.7 Å². The van der Waals surface area contributed by atoms with Crippen LogP contribution < -0.4 is 0 Å². The Balaban J connectivity index is 1.25. The number of nitrogens with zero attached hydrogens (tertiary/aromatic N) is 2. The van der Waals surface area contributed by atoms with E-state index in [1.807, 2.05) is 18.5 Å². The van der Waals surface area contributed by atoms with Crippen LogP contribution in [0.25, 0.3) is 50.1 Å². The summed E-state index contributed by atoms with van der Waals surface area (Å²) in [6.45, 7) is 4.70. The summed E-state index contributed by atoms with van der Waals surface area (Å²) in [5.74, 6) is 0. The predicted octanol–water partition coefficient (Wildman–Crippen LogP) is 8.67. The third-order valence-corrected chi connectivity index (χ3v) is 7.72. The first kappa shape index (κ1) is 20.9. The second-order valence-corrected chi connectivity index (χ2v) is 10.2. The van der Waals surface area contributed by atoms with Gasteiger partial charge < -0.3 is 0 Å². The van der Waals surface area contributed by atoms with Crippen molar-refractivity contribution in [1.82, 2.24) is 9.55 Å². The second-order valence-electron chi connectivity index (χ2n) is 10.2. The first-order valence-corrected chi connectivity index (χ1v) is 12.5. The molecule has 0 amide bonds. The Kier molecular flexibility index (Phi) is 4.52. The van der Waals surface area contributed by atoms with Crippen LogP contribution in [-0.4, -0.2) is 9.55 Å². The fourth-order valence-corrected chi connectivity index (χ4v) is 5.71. The molecule has 0 fully saturated rings. The number of benzene rings is 5. The molecule has 0 atom stereocenters. The Labute approximate surface area is 211 Å². The fourth-order valence-electron chi connectivity index (χ4n) is 5.71. The number of rotatable bonds is 3. The minimum Gasteiger partial charge on any atom is -0.299 e. The largest absolute Gasteiger partial charge is 0.299 e. The summed E-state index contributed by atoms with van der Waals surface area (Å²) in [7, 11) is 0. The van der Waals surface area contributed by atoms with Crippen molar-refractivity contribution in [3.63, 3.8) is 0 Å². The predicted molar refractivity (Wildman–Crippen MR) is 150 cm³/mol. The average molecular weight is 463 g/mol. The maximum atomic E-state index is 4.54. The number of aromatic nitrogens is 2. The zero-order valence-electron chi connectivity index (χ0n) is 20.4. The minimum atomic E-state index is -0.0544. The molecule has 0 saturated carbocycles. The van der Waals surface area contributed by atoms with Crippen LogP contribution in [0.1, 0.15) is 25.0 Å². The van der Waals surface area contributed by atoms with Gasteiger partial charge >= 0.3 is 0 Å². The van der Waals surface area contributed by atoms with E-state index in [0.29, 0.717) is 0 Å². The molecule has 0 N–H and O–H groups in total. The van der Waals surface area contributed by atoms with Crippen LogP contribution in [0, 0.1) is 0 Å². The molecule has 0 radical (unpaired) electrons. The Hall–Kier alpha value is -4.43. The Morgan fingerprint density at radius 3 is 1.78 bits per heavy atom. The van der Waals surface area contributed by atoms with Crippen LogP contribution in [0.4, 0.5) is 0 Å². The summed E-state index contributed by atoms with van der Waals surface area (Å²) >= 11 is 0. The van der Waals surface area contributed by atoms with Gasteiger partial charge in [0, 0.05) is 11.1 Å². The van der Waals surface area contributed by atoms with Gasteiger partial charge in [0.15, 0.2) is 0 Å². The molecule has 7 rings (SSSR count). The molecular formula is C34H26N2. The highest BCUT2D eigenvalue weighted by molar-refractivity contribution is 5.86. The fraction of sp³-hybridized carbons (Fsp3) is 0.0882. The van der Waals surface area contributed by atoms with Crippen molar-refractivity contribution in [3.05, 3.63) is 133 Å². The number of para-hydroxylation sites is 2. The normalized spacial score (nSPS) is 13.5. The van der Waals surface area contributed by atoms with Gasteiger partial charge in [-0.2, -0.15) is 0 Å². The molecular weight excluding hydrogens is 436 g/mol. The van der Waals surface area contributed by atoms with Crippen LogP contribution in [0.5, 0.6) is 0 Å². The number of fused-ring (bicyclic) bond motifs is 4. The SMILES string of the molecule is CC1(C)c2cc(-c3ccccc3)ccc2-c2ccc(-c3ccc(-n4cnc5ccccc54)cc3)cc21. The molecule has 1 aliphatic carbocycles. The summed E-state index contributed by atoms with van der Waals surface area (Å²) in [5, 5.41) is 0. The molecule has 36 heavy (non-hydrogen) atoms. The van der Waals surface area contributed by atoms with Crippen LogP contribution in [0.2, 0.25) is 0 Å². The van der Waals surface area contributed by atoms with E-state index in [-0.39, 0.29) is 5.41 Å². The molecule has 1 aliphatic rings. The van der Waals surface area contributed by atoms with Crippen molar-refractivity contribution in [3.8, 4) is 39.1 Å². The summed E-state index contributed by atoms with van der Waals surface area (Å²) < 4.78 is 2.14. The highest BCUT2D eigenvalue weighted by Crippen LogP contribution is 2.50. The highest BCUT2D eigenvalue weighted by atomic mass is 15.0. The van der Waals surface area contributed by atoms with Gasteiger partial charge in [-0.1, -0.05) is 92.7 Å². The molecule has 0 saturated heterocycles. The van der Waals surface area contributed by atoms with Crippen LogP contribution in [0.15, 0.2) is 122 Å². The number of hydrogen-bond donors (Lipinski definition) is 0. The lowest BCUT2D eigenvalue weighted by Crippen LogP contribution is -2.15. The van der Waals surface area contributed by atoms with Gasteiger partial charge in [-0.3, -0.25) is 4.57 Å². The zero-order chi connectivity index (χ0) is 24.3. The van der Waals surface area contributed by atoms with Crippen molar-refractivity contribution in [1.29, 1.82) is 0 Å². The van der Waals surface area contributed by atoms with Gasteiger partial charge in [0.05, 0.1) is 11.0 Å². The standard InChI is InChI=1S/C34H26N2/c1-34(2)30-20-25(23-8-4-3-5-9-23)14-18-28(30)29-19-15-26(21-31(29)34)24-12-16-27(17-13-24)36-22-35-32-10-6-7-11-33(32)36/h3-22H,1-2H3. The Morgan fingerprint density at radius 2 is 1.11 bits per heavy atom. The van der Waals surface area contributed by atoms with Crippen molar-refractivity contribution in [2.24, 2.45) is 0 Å². The summed E-state index contributed by atoms with van der Waals surface area (Å²) in [4.78, 5) is 4.54. The van der Waals surface area contributed by atoms with E-state index in [4.69, 9.17) is 0 Å². The monoisotopic (exact) mass is 462 g/mol. The smallest absolute Gasteiger partial charge is 0.100 e. The lowest BCUT2D eigenvalue weighted by molar-refractivity contribution is 0.661. The first-order chi connectivity index (χ1) is 17.6. The molecule has 0 aliphatic heterocycles. The summed E-state index contributed by atoms with van der Waals surface area (Å²) in [6.07, 6.45) is 1.90. The van der Waals surface area contributed by atoms with Crippen molar-refractivity contribution >= 4 is 11.0 Å². The van der Waals surface area contributed by atoms with Crippen molar-refractivity contribution in [2.75, 3.05) is 0 Å².